The number of hydrogen-bond acceptors (Lipinski definition) is 8. The Kier molecular flexibility index (Phi) is 6.85. The summed E-state index contributed by atoms with van der Waals surface area (Å²) >= 11 is 0. The minimum atomic E-state index is 0.0244. The van der Waals surface area contributed by atoms with E-state index in [1.807, 2.05) is 17.0 Å². The summed E-state index contributed by atoms with van der Waals surface area (Å²) in [6.07, 6.45) is 7.14. The van der Waals surface area contributed by atoms with Crippen LogP contribution in [-0.2, 0) is 9.59 Å². The lowest BCUT2D eigenvalue weighted by Gasteiger charge is -2.31. The van der Waals surface area contributed by atoms with Crippen molar-refractivity contribution in [2.75, 3.05) is 42.9 Å². The van der Waals surface area contributed by atoms with Crippen molar-refractivity contribution < 1.29 is 9.59 Å². The zero-order valence-electron chi connectivity index (χ0n) is 17.5. The first-order valence-electron chi connectivity index (χ1n) is 10.9. The number of hydrogen-bond donors (Lipinski definition) is 2. The van der Waals surface area contributed by atoms with Gasteiger partial charge in [0.05, 0.1) is 0 Å². The maximum Gasteiger partial charge on any atom is 0.223 e. The van der Waals surface area contributed by atoms with Crippen LogP contribution in [-0.4, -0.2) is 69.6 Å². The number of anilines is 3. The lowest BCUT2D eigenvalue weighted by molar-refractivity contribution is -0.127. The van der Waals surface area contributed by atoms with Gasteiger partial charge in [-0.25, -0.2) is 9.97 Å². The lowest BCUT2D eigenvalue weighted by atomic mass is 9.96. The minimum absolute atomic E-state index is 0.0244. The van der Waals surface area contributed by atoms with Crippen molar-refractivity contribution in [2.45, 2.75) is 32.1 Å². The molecule has 164 valence electrons. The Morgan fingerprint density at radius 1 is 1.10 bits per heavy atom. The van der Waals surface area contributed by atoms with Gasteiger partial charge in [0.25, 0.3) is 0 Å². The largest absolute Gasteiger partial charge is 0.356 e. The topological polar surface area (TPSA) is 116 Å². The number of nitrogens with one attached hydrogen (secondary N) is 2. The Morgan fingerprint density at radius 2 is 1.97 bits per heavy atom. The molecule has 2 saturated heterocycles. The maximum atomic E-state index is 12.5. The molecule has 2 aromatic rings. The average Bonchev–Trinajstić information content (AvgIpc) is 3.22. The molecule has 2 aromatic heterocycles. The number of nitrogens with zero attached hydrogens (tertiary/aromatic N) is 6. The van der Waals surface area contributed by atoms with Crippen LogP contribution >= 0.6 is 0 Å². The van der Waals surface area contributed by atoms with Crippen LogP contribution in [0.2, 0.25) is 0 Å². The number of amides is 2. The molecule has 10 heteroatoms. The van der Waals surface area contributed by atoms with Crippen molar-refractivity contribution >= 4 is 29.3 Å². The predicted molar refractivity (Wildman–Crippen MR) is 116 cm³/mol. The van der Waals surface area contributed by atoms with Crippen LogP contribution in [0.3, 0.4) is 0 Å². The van der Waals surface area contributed by atoms with E-state index < -0.39 is 0 Å². The van der Waals surface area contributed by atoms with Gasteiger partial charge in [0.15, 0.2) is 11.6 Å². The zero-order chi connectivity index (χ0) is 21.5. The van der Waals surface area contributed by atoms with Gasteiger partial charge in [0.2, 0.25) is 11.8 Å². The second-order valence-corrected chi connectivity index (χ2v) is 7.89. The highest BCUT2D eigenvalue weighted by Gasteiger charge is 2.26. The number of likely N-dealkylation sites (tertiary alicyclic amines) is 1. The van der Waals surface area contributed by atoms with Gasteiger partial charge < -0.3 is 20.4 Å². The Labute approximate surface area is 181 Å². The van der Waals surface area contributed by atoms with E-state index in [4.69, 9.17) is 0 Å². The minimum Gasteiger partial charge on any atom is -0.356 e. The molecule has 4 heterocycles. The van der Waals surface area contributed by atoms with E-state index in [-0.39, 0.29) is 17.7 Å². The van der Waals surface area contributed by atoms with Crippen molar-refractivity contribution in [2.24, 2.45) is 5.92 Å². The third-order valence-electron chi connectivity index (χ3n) is 5.75. The standard InChI is InChI=1S/C21H28N8O2/c30-20-3-1-11-29(20)12-2-9-23-21(31)16-7-13-28(14-8-16)19-5-4-18(26-27-19)25-17-6-10-22-15-24-17/h4-6,10,15-16H,1-3,7-9,11-14H2,(H,23,31)(H,22,24,25,26). The third-order valence-corrected chi connectivity index (χ3v) is 5.75. The van der Waals surface area contributed by atoms with E-state index in [9.17, 15) is 9.59 Å². The van der Waals surface area contributed by atoms with Crippen molar-refractivity contribution in [3.05, 3.63) is 30.7 Å². The van der Waals surface area contributed by atoms with Gasteiger partial charge in [-0.1, -0.05) is 0 Å². The summed E-state index contributed by atoms with van der Waals surface area (Å²) in [5, 5.41) is 14.6. The van der Waals surface area contributed by atoms with Crippen LogP contribution in [0.25, 0.3) is 0 Å². The van der Waals surface area contributed by atoms with Crippen molar-refractivity contribution in [1.29, 1.82) is 0 Å². The highest BCUT2D eigenvalue weighted by Crippen LogP contribution is 2.22. The van der Waals surface area contributed by atoms with Gasteiger partial charge in [-0.3, -0.25) is 9.59 Å². The Balaban J connectivity index is 1.17. The number of carbonyl (C=O) groups excluding carboxylic acids is 2. The molecule has 0 unspecified atom stereocenters. The molecule has 0 bridgehead atoms. The van der Waals surface area contributed by atoms with Gasteiger partial charge >= 0.3 is 0 Å². The molecule has 0 atom stereocenters. The molecule has 2 aliphatic rings. The molecule has 2 N–H and O–H groups in total. The van der Waals surface area contributed by atoms with Crippen LogP contribution in [0.1, 0.15) is 32.1 Å². The van der Waals surface area contributed by atoms with E-state index in [1.54, 1.807) is 12.3 Å². The molecule has 31 heavy (non-hydrogen) atoms. The SMILES string of the molecule is O=C(NCCCN1CCCC1=O)C1CCN(c2ccc(Nc3ccncn3)nn2)CC1. The molecule has 4 rings (SSSR count). The Hall–Kier alpha value is -3.30. The van der Waals surface area contributed by atoms with Crippen LogP contribution in [0, 0.1) is 5.92 Å². The average molecular weight is 425 g/mol. The van der Waals surface area contributed by atoms with E-state index >= 15 is 0 Å². The lowest BCUT2D eigenvalue weighted by Crippen LogP contribution is -2.41. The van der Waals surface area contributed by atoms with Crippen LogP contribution in [0.5, 0.6) is 0 Å². The number of carbonyl (C=O) groups is 2. The van der Waals surface area contributed by atoms with Crippen LogP contribution in [0.15, 0.2) is 30.7 Å². The Morgan fingerprint density at radius 3 is 2.65 bits per heavy atom. The number of piperidine rings is 1. The van der Waals surface area contributed by atoms with Crippen molar-refractivity contribution in [3.8, 4) is 0 Å². The fourth-order valence-electron chi connectivity index (χ4n) is 3.99. The van der Waals surface area contributed by atoms with Crippen molar-refractivity contribution in [1.82, 2.24) is 30.4 Å². The summed E-state index contributed by atoms with van der Waals surface area (Å²) in [4.78, 5) is 36.1. The summed E-state index contributed by atoms with van der Waals surface area (Å²) < 4.78 is 0. The van der Waals surface area contributed by atoms with E-state index in [0.717, 1.165) is 57.7 Å². The normalized spacial score (nSPS) is 17.1. The quantitative estimate of drug-likeness (QED) is 0.610. The molecule has 0 aliphatic carbocycles. The highest BCUT2D eigenvalue weighted by atomic mass is 16.2. The summed E-state index contributed by atoms with van der Waals surface area (Å²) in [6, 6.07) is 5.56. The molecule has 2 amide bonds. The molecule has 0 spiro atoms. The molecular weight excluding hydrogens is 396 g/mol. The van der Waals surface area contributed by atoms with Gasteiger partial charge in [0, 0.05) is 51.3 Å². The van der Waals surface area contributed by atoms with Gasteiger partial charge in [-0.05, 0) is 43.9 Å². The highest BCUT2D eigenvalue weighted by molar-refractivity contribution is 5.79. The first kappa shape index (κ1) is 21.0. The molecule has 10 nitrogen and oxygen atoms in total. The van der Waals surface area contributed by atoms with E-state index in [0.29, 0.717) is 24.6 Å². The first-order valence-corrected chi connectivity index (χ1v) is 10.9. The summed E-state index contributed by atoms with van der Waals surface area (Å²) in [6.45, 7) is 3.75. The second-order valence-electron chi connectivity index (χ2n) is 7.89. The van der Waals surface area contributed by atoms with E-state index in [2.05, 4.69) is 35.7 Å². The summed E-state index contributed by atoms with van der Waals surface area (Å²) in [7, 11) is 0. The second kappa shape index (κ2) is 10.1. The summed E-state index contributed by atoms with van der Waals surface area (Å²) in [5.74, 6) is 2.46. The molecular formula is C21H28N8O2. The third kappa shape index (κ3) is 5.65. The Bertz CT molecular complexity index is 869. The maximum absolute atomic E-state index is 12.5. The molecule has 2 fully saturated rings. The predicted octanol–water partition coefficient (Wildman–Crippen LogP) is 1.36. The van der Waals surface area contributed by atoms with Gasteiger partial charge in [0.1, 0.15) is 12.1 Å². The van der Waals surface area contributed by atoms with Crippen molar-refractivity contribution in [3.63, 3.8) is 0 Å². The van der Waals surface area contributed by atoms with Crippen LogP contribution in [0.4, 0.5) is 17.5 Å². The molecule has 2 aliphatic heterocycles. The fraction of sp³-hybridized carbons (Fsp3) is 0.524. The smallest absolute Gasteiger partial charge is 0.223 e. The van der Waals surface area contributed by atoms with Gasteiger partial charge in [-0.15, -0.1) is 10.2 Å². The van der Waals surface area contributed by atoms with Gasteiger partial charge in [-0.2, -0.15) is 0 Å². The van der Waals surface area contributed by atoms with E-state index in [1.165, 1.54) is 6.33 Å². The molecule has 0 radical (unpaired) electrons. The van der Waals surface area contributed by atoms with Crippen LogP contribution < -0.4 is 15.5 Å². The number of aromatic nitrogens is 4. The first-order chi connectivity index (χ1) is 15.2. The zero-order valence-corrected chi connectivity index (χ0v) is 17.5. The molecule has 0 aromatic carbocycles. The molecule has 0 saturated carbocycles. The summed E-state index contributed by atoms with van der Waals surface area (Å²) in [5.41, 5.74) is 0. The fourth-order valence-corrected chi connectivity index (χ4v) is 3.99. The monoisotopic (exact) mass is 424 g/mol. The number of rotatable bonds is 8.